The molecule has 0 spiro atoms. The summed E-state index contributed by atoms with van der Waals surface area (Å²) in [5.74, 6) is 0.299. The quantitative estimate of drug-likeness (QED) is 0.290. The minimum atomic E-state index is -0.810. The van der Waals surface area contributed by atoms with Gasteiger partial charge in [0.1, 0.15) is 11.9 Å². The molecule has 1 aromatic carbocycles. The normalized spacial score (nSPS) is 16.7. The summed E-state index contributed by atoms with van der Waals surface area (Å²) in [6.45, 7) is 2.91. The Labute approximate surface area is 247 Å². The molecule has 2 aliphatic heterocycles. The number of aliphatic hydroxyl groups excluding tert-OH is 1. The smallest absolute Gasteiger partial charge is 0.255 e. The van der Waals surface area contributed by atoms with E-state index in [0.717, 1.165) is 18.4 Å². The van der Waals surface area contributed by atoms with E-state index in [2.05, 4.69) is 30.9 Å². The van der Waals surface area contributed by atoms with Gasteiger partial charge in [0.15, 0.2) is 0 Å². The minimum Gasteiger partial charge on any atom is -0.394 e. The van der Waals surface area contributed by atoms with Gasteiger partial charge in [-0.15, -0.1) is 0 Å². The van der Waals surface area contributed by atoms with Gasteiger partial charge in [-0.05, 0) is 37.5 Å². The summed E-state index contributed by atoms with van der Waals surface area (Å²) in [5, 5.41) is 19.7. The first kappa shape index (κ1) is 29.0. The Kier molecular flexibility index (Phi) is 8.88. The van der Waals surface area contributed by atoms with Crippen LogP contribution in [0.2, 0.25) is 10.0 Å². The van der Waals surface area contributed by atoms with Gasteiger partial charge in [-0.3, -0.25) is 9.59 Å². The molecule has 2 unspecified atom stereocenters. The van der Waals surface area contributed by atoms with Gasteiger partial charge in [0.05, 0.1) is 34.6 Å². The lowest BCUT2D eigenvalue weighted by atomic mass is 10.0. The maximum atomic E-state index is 13.5. The first-order valence-corrected chi connectivity index (χ1v) is 14.1. The maximum Gasteiger partial charge on any atom is 0.255 e. The predicted molar refractivity (Wildman–Crippen MR) is 156 cm³/mol. The third kappa shape index (κ3) is 6.23. The topological polar surface area (TPSA) is 142 Å². The van der Waals surface area contributed by atoms with Crippen LogP contribution in [-0.2, 0) is 16.1 Å². The van der Waals surface area contributed by atoms with Crippen LogP contribution in [0.25, 0.3) is 11.3 Å². The van der Waals surface area contributed by atoms with Crippen LogP contribution in [0.5, 0.6) is 0 Å². The number of benzene rings is 1. The SMILES string of the molecule is CNc1cc(C(CO)NC(=O)C(C)N2Cc3ccc(-c4nc(NC5CCOCC5)ncc4Cl)cc3C2=O)c(Cl)cn1. The number of carbonyl (C=O) groups is 2. The highest BCUT2D eigenvalue weighted by Crippen LogP contribution is 2.33. The molecule has 216 valence electrons. The molecule has 0 saturated carbocycles. The van der Waals surface area contributed by atoms with Crippen molar-refractivity contribution < 1.29 is 19.4 Å². The second-order valence-electron chi connectivity index (χ2n) is 9.99. The number of nitrogens with one attached hydrogen (secondary N) is 3. The molecule has 13 heteroatoms. The molecular weight excluding hydrogens is 569 g/mol. The van der Waals surface area contributed by atoms with Crippen LogP contribution in [0.1, 0.15) is 47.3 Å². The van der Waals surface area contributed by atoms with Crippen LogP contribution in [0.15, 0.2) is 36.7 Å². The Morgan fingerprint density at radius 2 is 1.93 bits per heavy atom. The van der Waals surface area contributed by atoms with Crippen molar-refractivity contribution in [2.45, 2.75) is 44.4 Å². The Morgan fingerprint density at radius 1 is 1.17 bits per heavy atom. The highest BCUT2D eigenvalue weighted by Gasteiger charge is 2.35. The van der Waals surface area contributed by atoms with Crippen molar-refractivity contribution in [3.8, 4) is 11.3 Å². The monoisotopic (exact) mass is 599 g/mol. The number of hydrogen-bond acceptors (Lipinski definition) is 9. The third-order valence-electron chi connectivity index (χ3n) is 7.38. The van der Waals surface area contributed by atoms with Gasteiger partial charge in [0.25, 0.3) is 5.91 Å². The fraction of sp³-hybridized carbons (Fsp3) is 0.393. The zero-order valence-corrected chi connectivity index (χ0v) is 24.2. The molecule has 0 bridgehead atoms. The summed E-state index contributed by atoms with van der Waals surface area (Å²) >= 11 is 12.8. The number of hydrogen-bond donors (Lipinski definition) is 4. The van der Waals surface area contributed by atoms with Gasteiger partial charge in [-0.1, -0.05) is 35.3 Å². The second kappa shape index (κ2) is 12.6. The number of halogens is 2. The standard InChI is InChI=1S/C28H31Cl2N7O4/c1-15(26(39)35-23(14-38)20-10-24(31-2)32-11-21(20)29)37-13-17-4-3-16(9-19(17)27(37)40)25-22(30)12-33-28(36-25)34-18-5-7-41-8-6-18/h3-4,9-12,15,18,23,38H,5-8,13-14H2,1-2H3,(H,31,32)(H,35,39)(H,33,34,36). The van der Waals surface area contributed by atoms with Crippen molar-refractivity contribution in [2.24, 2.45) is 0 Å². The van der Waals surface area contributed by atoms with Crippen molar-refractivity contribution in [1.29, 1.82) is 0 Å². The molecule has 2 aromatic heterocycles. The summed E-state index contributed by atoms with van der Waals surface area (Å²) in [7, 11) is 1.71. The number of aromatic nitrogens is 3. The van der Waals surface area contributed by atoms with E-state index in [1.807, 2.05) is 12.1 Å². The van der Waals surface area contributed by atoms with Crippen LogP contribution in [0.4, 0.5) is 11.8 Å². The summed E-state index contributed by atoms with van der Waals surface area (Å²) in [4.78, 5) is 41.3. The molecule has 0 aliphatic carbocycles. The van der Waals surface area contributed by atoms with Gasteiger partial charge in [0, 0.05) is 55.7 Å². The molecule has 4 heterocycles. The van der Waals surface area contributed by atoms with Crippen LogP contribution < -0.4 is 16.0 Å². The molecule has 5 rings (SSSR count). The third-order valence-corrected chi connectivity index (χ3v) is 7.97. The highest BCUT2D eigenvalue weighted by atomic mass is 35.5. The second-order valence-corrected chi connectivity index (χ2v) is 10.8. The van der Waals surface area contributed by atoms with Gasteiger partial charge >= 0.3 is 0 Å². The van der Waals surface area contributed by atoms with E-state index in [1.165, 1.54) is 11.1 Å². The van der Waals surface area contributed by atoms with Crippen LogP contribution >= 0.6 is 23.2 Å². The van der Waals surface area contributed by atoms with E-state index in [9.17, 15) is 14.7 Å². The van der Waals surface area contributed by atoms with E-state index >= 15 is 0 Å². The average Bonchev–Trinajstić information content (AvgIpc) is 3.32. The molecule has 1 fully saturated rings. The van der Waals surface area contributed by atoms with Gasteiger partial charge in [-0.25, -0.2) is 15.0 Å². The van der Waals surface area contributed by atoms with Crippen LogP contribution in [-0.4, -0.2) is 75.7 Å². The molecule has 11 nitrogen and oxygen atoms in total. The average molecular weight is 601 g/mol. The van der Waals surface area contributed by atoms with Crippen molar-refractivity contribution in [3.63, 3.8) is 0 Å². The van der Waals surface area contributed by atoms with Crippen LogP contribution in [0.3, 0.4) is 0 Å². The van der Waals surface area contributed by atoms with E-state index in [-0.39, 0.29) is 25.1 Å². The maximum absolute atomic E-state index is 13.5. The summed E-state index contributed by atoms with van der Waals surface area (Å²) < 4.78 is 5.42. The number of fused-ring (bicyclic) bond motifs is 1. The number of pyridine rings is 1. The number of aliphatic hydroxyl groups is 1. The Morgan fingerprint density at radius 3 is 2.66 bits per heavy atom. The number of nitrogens with zero attached hydrogens (tertiary/aromatic N) is 4. The van der Waals surface area contributed by atoms with Crippen molar-refractivity contribution in [3.05, 3.63) is 63.4 Å². The lowest BCUT2D eigenvalue weighted by molar-refractivity contribution is -0.126. The van der Waals surface area contributed by atoms with E-state index in [4.69, 9.17) is 27.9 Å². The lowest BCUT2D eigenvalue weighted by Gasteiger charge is -2.26. The molecule has 2 aliphatic rings. The van der Waals surface area contributed by atoms with Gasteiger partial charge in [0.2, 0.25) is 11.9 Å². The van der Waals surface area contributed by atoms with Crippen molar-refractivity contribution in [2.75, 3.05) is 37.5 Å². The fourth-order valence-electron chi connectivity index (χ4n) is 4.96. The van der Waals surface area contributed by atoms with Gasteiger partial charge < -0.3 is 30.7 Å². The Bertz CT molecular complexity index is 1450. The van der Waals surface area contributed by atoms with Gasteiger partial charge in [-0.2, -0.15) is 0 Å². The van der Waals surface area contributed by atoms with Crippen LogP contribution in [0, 0.1) is 0 Å². The lowest BCUT2D eigenvalue weighted by Crippen LogP contribution is -2.46. The fourth-order valence-corrected chi connectivity index (χ4v) is 5.40. The van der Waals surface area contributed by atoms with Crippen molar-refractivity contribution >= 4 is 46.8 Å². The molecule has 41 heavy (non-hydrogen) atoms. The predicted octanol–water partition coefficient (Wildman–Crippen LogP) is 3.67. The number of carbonyl (C=O) groups excluding carboxylic acids is 2. The van der Waals surface area contributed by atoms with E-state index in [1.54, 1.807) is 32.3 Å². The Balaban J connectivity index is 1.31. The minimum absolute atomic E-state index is 0.214. The number of rotatable bonds is 9. The summed E-state index contributed by atoms with van der Waals surface area (Å²) in [6, 6.07) is 5.75. The summed E-state index contributed by atoms with van der Waals surface area (Å²) in [5.41, 5.74) is 2.97. The first-order valence-electron chi connectivity index (χ1n) is 13.3. The molecule has 1 saturated heterocycles. The first-order chi connectivity index (χ1) is 19.8. The molecule has 2 amide bonds. The van der Waals surface area contributed by atoms with E-state index in [0.29, 0.717) is 57.4 Å². The molecule has 4 N–H and O–H groups in total. The molecule has 0 radical (unpaired) electrons. The highest BCUT2D eigenvalue weighted by molar-refractivity contribution is 6.33. The summed E-state index contributed by atoms with van der Waals surface area (Å²) in [6.07, 6.45) is 4.72. The molecular formula is C28H31Cl2N7O4. The Hall–Kier alpha value is -3.51. The zero-order chi connectivity index (χ0) is 29.1. The number of amides is 2. The molecule has 3 aromatic rings. The molecule has 2 atom stereocenters. The van der Waals surface area contributed by atoms with E-state index < -0.39 is 18.0 Å². The zero-order valence-electron chi connectivity index (χ0n) is 22.7. The largest absolute Gasteiger partial charge is 0.394 e. The number of ether oxygens (including phenoxy) is 1. The van der Waals surface area contributed by atoms with Crippen molar-refractivity contribution in [1.82, 2.24) is 25.2 Å². The number of anilines is 2.